The Morgan fingerprint density at radius 2 is 2.00 bits per heavy atom. The van der Waals surface area contributed by atoms with E-state index in [2.05, 4.69) is 0 Å². The van der Waals surface area contributed by atoms with Crippen LogP contribution in [0.2, 0.25) is 0 Å². The Morgan fingerprint density at radius 1 is 1.45 bits per heavy atom. The fraction of sp³-hybridized carbons (Fsp3) is 0.857. The molecule has 66 valence electrons. The lowest BCUT2D eigenvalue weighted by Crippen LogP contribution is -2.08. The molecule has 0 aliphatic carbocycles. The van der Waals surface area contributed by atoms with Gasteiger partial charge in [0.2, 0.25) is 11.7 Å². The first-order chi connectivity index (χ1) is 5.07. The van der Waals surface area contributed by atoms with E-state index in [0.29, 0.717) is 6.42 Å². The number of hydrogen-bond acceptors (Lipinski definition) is 1. The minimum Gasteiger partial charge on any atom is -0.281 e. The van der Waals surface area contributed by atoms with E-state index in [1.54, 1.807) is 6.92 Å². The summed E-state index contributed by atoms with van der Waals surface area (Å²) in [4.78, 5) is 10.5. The first kappa shape index (κ1) is 10.8. The first-order valence-electron chi connectivity index (χ1n) is 3.55. The quantitative estimate of drug-likeness (QED) is 0.601. The van der Waals surface area contributed by atoms with E-state index < -0.39 is 17.6 Å². The molecule has 1 nitrogen and oxygen atoms in total. The monoisotopic (exact) mass is 184 g/mol. The predicted molar refractivity (Wildman–Crippen MR) is 39.9 cm³/mol. The van der Waals surface area contributed by atoms with Gasteiger partial charge in [0, 0.05) is 12.3 Å². The highest BCUT2D eigenvalue weighted by molar-refractivity contribution is 6.63. The van der Waals surface area contributed by atoms with Crippen LogP contribution in [0.15, 0.2) is 0 Å². The van der Waals surface area contributed by atoms with Gasteiger partial charge in [-0.15, -0.1) is 0 Å². The smallest absolute Gasteiger partial charge is 0.238 e. The Hall–Kier alpha value is -0.180. The molecular weight excluding hydrogens is 174 g/mol. The van der Waals surface area contributed by atoms with Crippen LogP contribution in [-0.4, -0.2) is 11.7 Å². The maximum Gasteiger partial charge on any atom is 0.238 e. The Bertz CT molecular complexity index is 128. The summed E-state index contributed by atoms with van der Waals surface area (Å²) in [5.41, 5.74) is 0. The second-order valence-electron chi connectivity index (χ2n) is 2.38. The van der Waals surface area contributed by atoms with Crippen LogP contribution in [0.4, 0.5) is 8.78 Å². The zero-order valence-electron chi connectivity index (χ0n) is 6.32. The number of alkyl halides is 2. The Kier molecular flexibility index (Phi) is 5.38. The topological polar surface area (TPSA) is 17.1 Å². The lowest BCUT2D eigenvalue weighted by Gasteiger charge is -2.07. The lowest BCUT2D eigenvalue weighted by molar-refractivity contribution is -0.115. The van der Waals surface area contributed by atoms with Gasteiger partial charge in [0.05, 0.1) is 0 Å². The van der Waals surface area contributed by atoms with Crippen LogP contribution in [-0.2, 0) is 4.79 Å². The predicted octanol–water partition coefficient (Wildman–Crippen LogP) is 2.82. The van der Waals surface area contributed by atoms with E-state index in [1.807, 2.05) is 0 Å². The van der Waals surface area contributed by atoms with Gasteiger partial charge in [0.25, 0.3) is 0 Å². The molecule has 0 spiro atoms. The summed E-state index contributed by atoms with van der Waals surface area (Å²) in [7, 11) is 0. The normalized spacial score (nSPS) is 13.5. The molecule has 1 atom stereocenters. The lowest BCUT2D eigenvalue weighted by atomic mass is 10.0. The average molecular weight is 185 g/mol. The van der Waals surface area contributed by atoms with Crippen molar-refractivity contribution in [1.29, 1.82) is 0 Å². The van der Waals surface area contributed by atoms with Crippen LogP contribution in [0.5, 0.6) is 0 Å². The highest BCUT2D eigenvalue weighted by Gasteiger charge is 2.15. The maximum absolute atomic E-state index is 11.6. The number of hydrogen-bond donors (Lipinski definition) is 0. The molecule has 0 aromatic rings. The number of carbonyl (C=O) groups excluding carboxylic acids is 1. The van der Waals surface area contributed by atoms with Crippen molar-refractivity contribution in [2.24, 2.45) is 5.92 Å². The molecule has 0 aliphatic rings. The van der Waals surface area contributed by atoms with Gasteiger partial charge in [0.1, 0.15) is 0 Å². The van der Waals surface area contributed by atoms with Gasteiger partial charge in [-0.05, 0) is 24.4 Å². The Morgan fingerprint density at radius 3 is 2.27 bits per heavy atom. The molecular formula is C7H11ClF2O. The number of rotatable bonds is 5. The van der Waals surface area contributed by atoms with Crippen molar-refractivity contribution in [2.45, 2.75) is 32.6 Å². The van der Waals surface area contributed by atoms with Crippen LogP contribution in [0.3, 0.4) is 0 Å². The van der Waals surface area contributed by atoms with Crippen molar-refractivity contribution in [2.75, 3.05) is 0 Å². The van der Waals surface area contributed by atoms with Crippen LogP contribution in [0.25, 0.3) is 0 Å². The molecule has 0 saturated carbocycles. The van der Waals surface area contributed by atoms with Gasteiger partial charge in [-0.3, -0.25) is 4.79 Å². The Balaban J connectivity index is 3.61. The molecule has 0 rings (SSSR count). The summed E-state index contributed by atoms with van der Waals surface area (Å²) in [5, 5.41) is -0.506. The summed E-state index contributed by atoms with van der Waals surface area (Å²) in [5.74, 6) is -0.398. The molecule has 0 amide bonds. The summed E-state index contributed by atoms with van der Waals surface area (Å²) in [6.07, 6.45) is -1.84. The van der Waals surface area contributed by atoms with E-state index >= 15 is 0 Å². The molecule has 0 N–H and O–H groups in total. The van der Waals surface area contributed by atoms with Gasteiger partial charge in [-0.25, -0.2) is 8.78 Å². The second-order valence-corrected chi connectivity index (χ2v) is 2.75. The summed E-state index contributed by atoms with van der Waals surface area (Å²) in [6.45, 7) is 1.76. The van der Waals surface area contributed by atoms with E-state index in [-0.39, 0.29) is 12.8 Å². The zero-order valence-corrected chi connectivity index (χ0v) is 7.07. The molecule has 1 unspecified atom stereocenters. The highest BCUT2D eigenvalue weighted by atomic mass is 35.5. The van der Waals surface area contributed by atoms with Crippen molar-refractivity contribution in [3.05, 3.63) is 0 Å². The third-order valence-corrected chi connectivity index (χ3v) is 1.86. The van der Waals surface area contributed by atoms with Crippen LogP contribution < -0.4 is 0 Å². The van der Waals surface area contributed by atoms with Crippen LogP contribution in [0, 0.1) is 5.92 Å². The van der Waals surface area contributed by atoms with Gasteiger partial charge in [0.15, 0.2) is 0 Å². The van der Waals surface area contributed by atoms with Gasteiger partial charge in [-0.1, -0.05) is 6.92 Å². The van der Waals surface area contributed by atoms with Crippen LogP contribution >= 0.6 is 11.6 Å². The van der Waals surface area contributed by atoms with Crippen LogP contribution in [0.1, 0.15) is 26.2 Å². The largest absolute Gasteiger partial charge is 0.281 e. The molecule has 0 fully saturated rings. The van der Waals surface area contributed by atoms with E-state index in [1.165, 1.54) is 0 Å². The van der Waals surface area contributed by atoms with E-state index in [9.17, 15) is 13.6 Å². The van der Waals surface area contributed by atoms with Gasteiger partial charge >= 0.3 is 0 Å². The van der Waals surface area contributed by atoms with Crippen molar-refractivity contribution >= 4 is 16.8 Å². The van der Waals surface area contributed by atoms with Crippen molar-refractivity contribution in [3.8, 4) is 0 Å². The summed E-state index contributed by atoms with van der Waals surface area (Å²) < 4.78 is 23.3. The highest BCUT2D eigenvalue weighted by Crippen LogP contribution is 2.17. The molecule has 11 heavy (non-hydrogen) atoms. The van der Waals surface area contributed by atoms with Crippen molar-refractivity contribution in [3.63, 3.8) is 0 Å². The fourth-order valence-corrected chi connectivity index (χ4v) is 1.07. The third kappa shape index (κ3) is 5.13. The SMILES string of the molecule is CCC(CCC(F)F)C(=O)Cl. The average Bonchev–Trinajstić information content (AvgIpc) is 1.87. The molecule has 0 aliphatic heterocycles. The van der Waals surface area contributed by atoms with Gasteiger partial charge < -0.3 is 0 Å². The molecule has 0 saturated heterocycles. The zero-order chi connectivity index (χ0) is 8.85. The molecule has 0 aromatic heterocycles. The molecule has 0 radical (unpaired) electrons. The summed E-state index contributed by atoms with van der Waals surface area (Å²) >= 11 is 5.14. The minimum atomic E-state index is -2.33. The molecule has 4 heteroatoms. The van der Waals surface area contributed by atoms with Crippen molar-refractivity contribution in [1.82, 2.24) is 0 Å². The standard InChI is InChI=1S/C7H11ClF2O/c1-2-5(7(8)11)3-4-6(9)10/h5-6H,2-4H2,1H3. The molecule has 0 bridgehead atoms. The minimum absolute atomic E-state index is 0.191. The molecule has 0 heterocycles. The number of carbonyl (C=O) groups is 1. The van der Waals surface area contributed by atoms with Crippen molar-refractivity contribution < 1.29 is 13.6 Å². The maximum atomic E-state index is 11.6. The van der Waals surface area contributed by atoms with E-state index in [0.717, 1.165) is 0 Å². The number of halogens is 3. The van der Waals surface area contributed by atoms with Gasteiger partial charge in [-0.2, -0.15) is 0 Å². The molecule has 0 aromatic carbocycles. The fourth-order valence-electron chi connectivity index (χ4n) is 0.805. The third-order valence-electron chi connectivity index (χ3n) is 1.55. The van der Waals surface area contributed by atoms with E-state index in [4.69, 9.17) is 11.6 Å². The Labute approximate surface area is 69.7 Å². The second kappa shape index (κ2) is 5.47. The summed E-state index contributed by atoms with van der Waals surface area (Å²) in [6, 6.07) is 0. The first-order valence-corrected chi connectivity index (χ1v) is 3.93.